The maximum atomic E-state index is 11.7. The van der Waals surface area contributed by atoms with Crippen molar-refractivity contribution >= 4 is 17.0 Å². The molecule has 1 amide bonds. The highest BCUT2D eigenvalue weighted by molar-refractivity contribution is 5.91. The van der Waals surface area contributed by atoms with E-state index in [0.717, 1.165) is 16.6 Å². The van der Waals surface area contributed by atoms with Crippen LogP contribution in [0.1, 0.15) is 17.4 Å². The molecule has 0 aliphatic heterocycles. The summed E-state index contributed by atoms with van der Waals surface area (Å²) in [4.78, 5) is 26.7. The molecule has 2 aromatic heterocycles. The van der Waals surface area contributed by atoms with Crippen LogP contribution in [0.15, 0.2) is 45.7 Å². The van der Waals surface area contributed by atoms with E-state index in [-0.39, 0.29) is 11.4 Å². The van der Waals surface area contributed by atoms with E-state index < -0.39 is 5.91 Å². The Morgan fingerprint density at radius 3 is 2.67 bits per heavy atom. The predicted octanol–water partition coefficient (Wildman–Crippen LogP) is 1.78. The number of nitrogens with two attached hydrogens (primary N) is 1. The molecule has 0 aliphatic carbocycles. The zero-order valence-electron chi connectivity index (χ0n) is 11.4. The van der Waals surface area contributed by atoms with Crippen LogP contribution in [0, 0.1) is 0 Å². The standard InChI is InChI=1S/C15H13N3O3/c1-2-18-12-7-9(4-6-13(12)21-15(18)20)10-3-5-11(14(16)19)17-8-10/h3-8H,2H2,1H3,(H2,16,19). The van der Waals surface area contributed by atoms with Gasteiger partial charge in [-0.3, -0.25) is 14.3 Å². The van der Waals surface area contributed by atoms with Crippen LogP contribution in [-0.2, 0) is 6.54 Å². The third-order valence-corrected chi connectivity index (χ3v) is 3.33. The van der Waals surface area contributed by atoms with Crippen LogP contribution in [0.5, 0.6) is 0 Å². The van der Waals surface area contributed by atoms with Crippen molar-refractivity contribution in [2.75, 3.05) is 0 Å². The highest BCUT2D eigenvalue weighted by Crippen LogP contribution is 2.23. The second-order valence-corrected chi connectivity index (χ2v) is 4.59. The number of primary amides is 1. The first-order valence-electron chi connectivity index (χ1n) is 6.49. The summed E-state index contributed by atoms with van der Waals surface area (Å²) in [7, 11) is 0. The molecule has 106 valence electrons. The number of fused-ring (bicyclic) bond motifs is 1. The van der Waals surface area contributed by atoms with Gasteiger partial charge in [-0.05, 0) is 30.7 Å². The van der Waals surface area contributed by atoms with Gasteiger partial charge in [-0.15, -0.1) is 0 Å². The minimum Gasteiger partial charge on any atom is -0.408 e. The van der Waals surface area contributed by atoms with Gasteiger partial charge in [0.25, 0.3) is 5.91 Å². The fourth-order valence-corrected chi connectivity index (χ4v) is 2.25. The molecule has 0 radical (unpaired) electrons. The number of amides is 1. The van der Waals surface area contributed by atoms with Crippen LogP contribution < -0.4 is 11.5 Å². The lowest BCUT2D eigenvalue weighted by molar-refractivity contribution is 0.0995. The molecule has 1 aromatic carbocycles. The van der Waals surface area contributed by atoms with Gasteiger partial charge < -0.3 is 10.2 Å². The molecule has 6 heteroatoms. The van der Waals surface area contributed by atoms with Crippen LogP contribution in [0.2, 0.25) is 0 Å². The van der Waals surface area contributed by atoms with Crippen molar-refractivity contribution in [3.63, 3.8) is 0 Å². The van der Waals surface area contributed by atoms with Crippen molar-refractivity contribution in [3.05, 3.63) is 52.8 Å². The van der Waals surface area contributed by atoms with Gasteiger partial charge in [-0.2, -0.15) is 0 Å². The summed E-state index contributed by atoms with van der Waals surface area (Å²) in [5.74, 6) is -0.932. The lowest BCUT2D eigenvalue weighted by atomic mass is 10.1. The van der Waals surface area contributed by atoms with E-state index in [9.17, 15) is 9.59 Å². The first kappa shape index (κ1) is 13.1. The average molecular weight is 283 g/mol. The number of hydrogen-bond acceptors (Lipinski definition) is 4. The number of aromatic nitrogens is 2. The van der Waals surface area contributed by atoms with Crippen LogP contribution in [-0.4, -0.2) is 15.5 Å². The Bertz CT molecular complexity index is 875. The summed E-state index contributed by atoms with van der Waals surface area (Å²) in [5.41, 5.74) is 8.38. The maximum absolute atomic E-state index is 11.7. The Morgan fingerprint density at radius 1 is 1.29 bits per heavy atom. The number of oxazole rings is 1. The van der Waals surface area contributed by atoms with Crippen molar-refractivity contribution in [2.24, 2.45) is 5.73 Å². The quantitative estimate of drug-likeness (QED) is 0.793. The maximum Gasteiger partial charge on any atom is 0.419 e. The molecule has 3 rings (SSSR count). The summed E-state index contributed by atoms with van der Waals surface area (Å²) < 4.78 is 6.72. The molecular formula is C15H13N3O3. The number of aryl methyl sites for hydroxylation is 1. The second-order valence-electron chi connectivity index (χ2n) is 4.59. The highest BCUT2D eigenvalue weighted by Gasteiger charge is 2.10. The first-order chi connectivity index (χ1) is 10.1. The number of pyridine rings is 1. The predicted molar refractivity (Wildman–Crippen MR) is 77.9 cm³/mol. The normalized spacial score (nSPS) is 10.9. The van der Waals surface area contributed by atoms with Gasteiger partial charge in [0.1, 0.15) is 5.69 Å². The van der Waals surface area contributed by atoms with Crippen LogP contribution in [0.25, 0.3) is 22.2 Å². The second kappa shape index (κ2) is 4.90. The van der Waals surface area contributed by atoms with E-state index in [1.165, 1.54) is 0 Å². The monoisotopic (exact) mass is 283 g/mol. The van der Waals surface area contributed by atoms with E-state index in [4.69, 9.17) is 10.2 Å². The molecule has 21 heavy (non-hydrogen) atoms. The van der Waals surface area contributed by atoms with E-state index >= 15 is 0 Å². The number of nitrogens with zero attached hydrogens (tertiary/aromatic N) is 2. The summed E-state index contributed by atoms with van der Waals surface area (Å²) in [6, 6.07) is 8.80. The minimum absolute atomic E-state index is 0.216. The Hall–Kier alpha value is -2.89. The summed E-state index contributed by atoms with van der Waals surface area (Å²) in [6.45, 7) is 2.42. The number of rotatable bonds is 3. The summed E-state index contributed by atoms with van der Waals surface area (Å²) >= 11 is 0. The number of benzene rings is 1. The van der Waals surface area contributed by atoms with Crippen molar-refractivity contribution in [3.8, 4) is 11.1 Å². The van der Waals surface area contributed by atoms with Crippen LogP contribution >= 0.6 is 0 Å². The molecule has 0 bridgehead atoms. The third-order valence-electron chi connectivity index (χ3n) is 3.33. The molecular weight excluding hydrogens is 270 g/mol. The van der Waals surface area contributed by atoms with Gasteiger partial charge in [0, 0.05) is 18.3 Å². The van der Waals surface area contributed by atoms with E-state index in [1.807, 2.05) is 19.1 Å². The molecule has 0 fully saturated rings. The summed E-state index contributed by atoms with van der Waals surface area (Å²) in [5, 5.41) is 0. The zero-order valence-corrected chi connectivity index (χ0v) is 11.4. The molecule has 3 aromatic rings. The fraction of sp³-hybridized carbons (Fsp3) is 0.133. The van der Waals surface area contributed by atoms with Gasteiger partial charge in [-0.25, -0.2) is 4.79 Å². The summed E-state index contributed by atoms with van der Waals surface area (Å²) in [6.07, 6.45) is 1.58. The van der Waals surface area contributed by atoms with Gasteiger partial charge in [0.2, 0.25) is 0 Å². The lowest BCUT2D eigenvalue weighted by Gasteiger charge is -2.03. The number of hydrogen-bond donors (Lipinski definition) is 1. The minimum atomic E-state index is -0.563. The largest absolute Gasteiger partial charge is 0.419 e. The number of carbonyl (C=O) groups is 1. The molecule has 0 spiro atoms. The van der Waals surface area contributed by atoms with Crippen molar-refractivity contribution in [1.29, 1.82) is 0 Å². The molecule has 0 saturated carbocycles. The van der Waals surface area contributed by atoms with E-state index in [2.05, 4.69) is 4.98 Å². The Kier molecular flexibility index (Phi) is 3.06. The van der Waals surface area contributed by atoms with Crippen LogP contribution in [0.3, 0.4) is 0 Å². The van der Waals surface area contributed by atoms with Crippen molar-refractivity contribution in [2.45, 2.75) is 13.5 Å². The van der Waals surface area contributed by atoms with Crippen molar-refractivity contribution in [1.82, 2.24) is 9.55 Å². The van der Waals surface area contributed by atoms with Crippen LogP contribution in [0.4, 0.5) is 0 Å². The van der Waals surface area contributed by atoms with Crippen molar-refractivity contribution < 1.29 is 9.21 Å². The molecule has 0 atom stereocenters. The molecule has 2 N–H and O–H groups in total. The topological polar surface area (TPSA) is 91.1 Å². The molecule has 0 aliphatic rings. The molecule has 0 unspecified atom stereocenters. The highest BCUT2D eigenvalue weighted by atomic mass is 16.4. The Labute approximate surface area is 119 Å². The van der Waals surface area contributed by atoms with E-state index in [0.29, 0.717) is 12.1 Å². The first-order valence-corrected chi connectivity index (χ1v) is 6.49. The average Bonchev–Trinajstić information content (AvgIpc) is 2.81. The Balaban J connectivity index is 2.12. The van der Waals surface area contributed by atoms with Gasteiger partial charge >= 0.3 is 5.76 Å². The SMILES string of the molecule is CCn1c(=O)oc2ccc(-c3ccc(C(N)=O)nc3)cc21. The Morgan fingerprint density at radius 2 is 2.05 bits per heavy atom. The van der Waals surface area contributed by atoms with Gasteiger partial charge in [-0.1, -0.05) is 12.1 Å². The molecule has 6 nitrogen and oxygen atoms in total. The lowest BCUT2D eigenvalue weighted by Crippen LogP contribution is -2.12. The molecule has 2 heterocycles. The smallest absolute Gasteiger partial charge is 0.408 e. The zero-order chi connectivity index (χ0) is 15.0. The molecule has 0 saturated heterocycles. The fourth-order valence-electron chi connectivity index (χ4n) is 2.25. The third kappa shape index (κ3) is 2.20. The number of carbonyl (C=O) groups excluding carboxylic acids is 1. The van der Waals surface area contributed by atoms with Gasteiger partial charge in [0.05, 0.1) is 5.52 Å². The van der Waals surface area contributed by atoms with E-state index in [1.54, 1.807) is 29.0 Å². The van der Waals surface area contributed by atoms with Gasteiger partial charge in [0.15, 0.2) is 5.58 Å².